The smallest absolute Gasteiger partial charge is 0.328 e. The average molecular weight is 1510 g/mol. The topological polar surface area (TPSA) is 260 Å². The van der Waals surface area contributed by atoms with Crippen molar-refractivity contribution in [2.45, 2.75) is 70.5 Å². The second-order valence-corrected chi connectivity index (χ2v) is 29.2. The molecule has 3 aliphatic rings. The van der Waals surface area contributed by atoms with E-state index in [1.807, 2.05) is 241 Å². The van der Waals surface area contributed by atoms with Gasteiger partial charge in [-0.3, -0.25) is 30.4 Å². The lowest BCUT2D eigenvalue weighted by Crippen LogP contribution is -2.62. The van der Waals surface area contributed by atoms with E-state index in [2.05, 4.69) is 34.5 Å². The van der Waals surface area contributed by atoms with Gasteiger partial charge in [-0.05, 0) is 128 Å². The number of nitrogens with zero attached hydrogens (tertiary/aromatic N) is 12. The maximum Gasteiger partial charge on any atom is 0.328 e. The third kappa shape index (κ3) is 15.4. The van der Waals surface area contributed by atoms with E-state index in [1.54, 1.807) is 49.4 Å². The van der Waals surface area contributed by atoms with E-state index in [-0.39, 0.29) is 19.3 Å². The van der Waals surface area contributed by atoms with Gasteiger partial charge in [0, 0.05) is 16.7 Å². The summed E-state index contributed by atoms with van der Waals surface area (Å²) in [5.74, 6) is -1.32. The number of hydrazone groups is 3. The zero-order valence-electron chi connectivity index (χ0n) is 55.6. The van der Waals surface area contributed by atoms with E-state index in [0.29, 0.717) is 39.0 Å². The molecule has 9 aromatic carbocycles. The highest BCUT2D eigenvalue weighted by Crippen LogP contribution is 2.48. The molecule has 0 bridgehead atoms. The molecule has 6 heterocycles. The van der Waals surface area contributed by atoms with Gasteiger partial charge in [0.15, 0.2) is 17.5 Å². The summed E-state index contributed by atoms with van der Waals surface area (Å²) in [5.41, 5.74) is 16.1. The molecule has 22 nitrogen and oxygen atoms in total. The van der Waals surface area contributed by atoms with Gasteiger partial charge in [0.05, 0.1) is 68.2 Å². The first-order valence-electron chi connectivity index (χ1n) is 32.7. The predicted octanol–water partition coefficient (Wildman–Crippen LogP) is 17.7. The molecule has 526 valence electrons. The Hall–Kier alpha value is -10.4. The van der Waals surface area contributed by atoms with Crippen molar-refractivity contribution in [2.24, 2.45) is 20.7 Å². The summed E-state index contributed by atoms with van der Waals surface area (Å²) >= 11 is 24.0. The number of fused-ring (bicyclic) bond motifs is 3. The van der Waals surface area contributed by atoms with Crippen LogP contribution < -0.4 is 47.0 Å². The average Bonchev–Trinajstić information content (AvgIpc) is 1.55. The molecule has 12 aromatic rings. The van der Waals surface area contributed by atoms with Crippen molar-refractivity contribution >= 4 is 171 Å². The van der Waals surface area contributed by atoms with Crippen LogP contribution in [0.2, 0.25) is 15.1 Å². The van der Waals surface area contributed by atoms with Gasteiger partial charge in [0.2, 0.25) is 20.1 Å². The summed E-state index contributed by atoms with van der Waals surface area (Å²) in [6, 6.07) is 77.0. The quantitative estimate of drug-likeness (QED) is 0.0306. The molecule has 0 spiro atoms. The van der Waals surface area contributed by atoms with Crippen molar-refractivity contribution in [3.8, 4) is 0 Å². The number of carboxylic acid groups (broad SMARTS) is 2. The second kappa shape index (κ2) is 32.3. The summed E-state index contributed by atoms with van der Waals surface area (Å²) in [6.45, 7) is 4.78. The molecule has 29 heteroatoms. The number of rotatable bonds is 20. The van der Waals surface area contributed by atoms with Crippen LogP contribution in [-0.2, 0) is 19.7 Å². The van der Waals surface area contributed by atoms with Gasteiger partial charge in [-0.15, -0.1) is 46.0 Å². The fourth-order valence-electron chi connectivity index (χ4n) is 11.8. The Labute approximate surface area is 621 Å². The van der Waals surface area contributed by atoms with Crippen LogP contribution in [0.15, 0.2) is 252 Å². The molecule has 6 N–H and O–H groups in total. The number of hydrogen-bond donors (Lipinski definition) is 6. The zero-order valence-corrected chi connectivity index (χ0v) is 61.1. The van der Waals surface area contributed by atoms with Gasteiger partial charge < -0.3 is 10.2 Å². The van der Waals surface area contributed by atoms with Crippen molar-refractivity contribution < 1.29 is 32.8 Å². The molecular formula is C74H68Cl3N15O7S4. The first-order chi connectivity index (χ1) is 49.9. The number of nitrogens with one attached hydrogen (secondary N) is 3. The van der Waals surface area contributed by atoms with Gasteiger partial charge in [0.1, 0.15) is 0 Å². The SMILES string of the molecule is CCCCCCC(C(=O)O)(C(CC)(CC)C(=O)O)S(=O)(=O)O.Clc1ccccc1C1=NN(c2ccccc2)N(c2nc3ccccc3s2)N1.Clc1ccccc1C1=NN(c2ccccc2)N(c2nc3ccccc3s2)N1.Clc1ccccc1C1=NN(c2ccccc2)N(c2nc3ccccc3s2)N1. The van der Waals surface area contributed by atoms with Crippen LogP contribution in [-0.4, -0.2) is 72.3 Å². The summed E-state index contributed by atoms with van der Waals surface area (Å²) < 4.78 is 34.1. The van der Waals surface area contributed by atoms with Crippen LogP contribution in [0.25, 0.3) is 30.6 Å². The standard InChI is InChI=1S/3C20H14ClN5S.C14H26O7S/c3*21-16-11-5-4-10-15(16)19-23-25(14-8-2-1-3-9-14)26(24-19)20-22-17-12-6-7-13-18(17)27-20;1-4-7-8-9-10-14(12(17)18,22(19,20)21)13(5-2,6-3)11(15)16/h3*1-13H,(H,23,24);4-10H2,1-3H3,(H,15,16)(H,17,18)(H,19,20,21). The van der Waals surface area contributed by atoms with Gasteiger partial charge in [-0.1, -0.05) is 243 Å². The number of halogens is 3. The normalized spacial score (nSPS) is 14.1. The Balaban J connectivity index is 0.000000130. The van der Waals surface area contributed by atoms with Crippen LogP contribution in [0, 0.1) is 5.41 Å². The van der Waals surface area contributed by atoms with Gasteiger partial charge in [-0.2, -0.15) is 8.42 Å². The van der Waals surface area contributed by atoms with Crippen LogP contribution in [0.3, 0.4) is 0 Å². The van der Waals surface area contributed by atoms with E-state index in [1.165, 1.54) is 13.8 Å². The number of aliphatic carboxylic acids is 2. The Bertz CT molecular complexity index is 4660. The lowest BCUT2D eigenvalue weighted by molar-refractivity contribution is -0.161. The van der Waals surface area contributed by atoms with Crippen LogP contribution in [0.5, 0.6) is 0 Å². The molecule has 3 aromatic heterocycles. The molecule has 3 aliphatic heterocycles. The Morgan fingerprint density at radius 2 is 0.718 bits per heavy atom. The number of hydrogen-bond acceptors (Lipinski definition) is 22. The molecule has 0 saturated carbocycles. The number of thiazole rings is 3. The number of aromatic nitrogens is 3. The van der Waals surface area contributed by atoms with Gasteiger partial charge in [0.25, 0.3) is 10.1 Å². The maximum atomic E-state index is 11.9. The number of benzene rings is 9. The van der Waals surface area contributed by atoms with Gasteiger partial charge >= 0.3 is 11.9 Å². The highest BCUT2D eigenvalue weighted by molar-refractivity contribution is 7.88. The molecule has 0 amide bonds. The summed E-state index contributed by atoms with van der Waals surface area (Å²) in [6.07, 6.45) is 1.59. The number of unbranched alkanes of at least 4 members (excludes halogenated alkanes) is 3. The number of amidine groups is 3. The van der Waals surface area contributed by atoms with Crippen molar-refractivity contribution in [1.82, 2.24) is 31.2 Å². The molecular weight excluding hydrogens is 1450 g/mol. The van der Waals surface area contributed by atoms with E-state index >= 15 is 0 Å². The number of carbonyl (C=O) groups is 2. The highest BCUT2D eigenvalue weighted by Gasteiger charge is 2.67. The lowest BCUT2D eigenvalue weighted by Gasteiger charge is -2.41. The van der Waals surface area contributed by atoms with Crippen LogP contribution >= 0.6 is 68.8 Å². The number of hydrazine groups is 6. The second-order valence-electron chi connectivity index (χ2n) is 23.3. The van der Waals surface area contributed by atoms with Crippen molar-refractivity contribution in [2.75, 3.05) is 30.7 Å². The third-order valence-electron chi connectivity index (χ3n) is 17.1. The number of carboxylic acids is 2. The summed E-state index contributed by atoms with van der Waals surface area (Å²) in [4.78, 5) is 37.8. The van der Waals surface area contributed by atoms with Crippen molar-refractivity contribution in [3.05, 3.63) is 268 Å². The highest BCUT2D eigenvalue weighted by atomic mass is 35.5. The van der Waals surface area contributed by atoms with E-state index < -0.39 is 38.6 Å². The minimum Gasteiger partial charge on any atom is -0.481 e. The predicted molar refractivity (Wildman–Crippen MR) is 418 cm³/mol. The zero-order chi connectivity index (χ0) is 72.3. The summed E-state index contributed by atoms with van der Waals surface area (Å²) in [7, 11) is -5.12. The molecule has 0 radical (unpaired) electrons. The molecule has 15 rings (SSSR count). The van der Waals surface area contributed by atoms with E-state index in [9.17, 15) is 32.8 Å². The minimum atomic E-state index is -5.12. The molecule has 0 aliphatic carbocycles. The number of para-hydroxylation sites is 6. The minimum absolute atomic E-state index is 0.210. The summed E-state index contributed by atoms with van der Waals surface area (Å²) in [5, 5.41) is 48.6. The molecule has 103 heavy (non-hydrogen) atoms. The largest absolute Gasteiger partial charge is 0.481 e. The Kier molecular flexibility index (Phi) is 22.7. The van der Waals surface area contributed by atoms with E-state index in [4.69, 9.17) is 65.1 Å². The third-order valence-corrected chi connectivity index (χ3v) is 22.8. The van der Waals surface area contributed by atoms with Gasteiger partial charge in [-0.25, -0.2) is 15.0 Å². The first-order valence-corrected chi connectivity index (χ1v) is 37.7. The van der Waals surface area contributed by atoms with E-state index in [0.717, 1.165) is 92.6 Å². The van der Waals surface area contributed by atoms with Crippen LogP contribution in [0.1, 0.15) is 82.4 Å². The van der Waals surface area contributed by atoms with Crippen molar-refractivity contribution in [1.29, 1.82) is 0 Å². The van der Waals surface area contributed by atoms with Crippen molar-refractivity contribution in [3.63, 3.8) is 0 Å². The molecule has 0 fully saturated rings. The van der Waals surface area contributed by atoms with Crippen LogP contribution in [0.4, 0.5) is 32.5 Å². The lowest BCUT2D eigenvalue weighted by atomic mass is 9.68. The monoisotopic (exact) mass is 1510 g/mol. The number of anilines is 6. The fourth-order valence-corrected chi connectivity index (χ4v) is 16.7. The fraction of sp³-hybridized carbons (Fsp3) is 0.162. The molecule has 1 unspecified atom stereocenters. The first kappa shape index (κ1) is 72.4. The molecule has 1 atom stereocenters. The Morgan fingerprint density at radius 1 is 0.417 bits per heavy atom. The Morgan fingerprint density at radius 3 is 0.990 bits per heavy atom. The maximum absolute atomic E-state index is 11.9. The molecule has 0 saturated heterocycles.